The SMILES string of the molecule is CC(C)N(CC#N)S(=O)(=O)N(C)C. The zero-order valence-electron chi connectivity index (χ0n) is 8.35. The third-order valence-corrected chi connectivity index (χ3v) is 3.63. The van der Waals surface area contributed by atoms with Crippen molar-refractivity contribution in [2.75, 3.05) is 20.6 Å². The quantitative estimate of drug-likeness (QED) is 0.608. The molecule has 0 aliphatic carbocycles. The number of nitrogens with zero attached hydrogens (tertiary/aromatic N) is 3. The van der Waals surface area contributed by atoms with Gasteiger partial charge in [-0.3, -0.25) is 0 Å². The maximum absolute atomic E-state index is 11.6. The molecule has 6 heteroatoms. The van der Waals surface area contributed by atoms with Crippen LogP contribution in [0.25, 0.3) is 0 Å². The average molecular weight is 205 g/mol. The maximum Gasteiger partial charge on any atom is 0.282 e. The maximum atomic E-state index is 11.6. The van der Waals surface area contributed by atoms with Crippen LogP contribution in [0.5, 0.6) is 0 Å². The van der Waals surface area contributed by atoms with Gasteiger partial charge in [-0.15, -0.1) is 0 Å². The Morgan fingerprint density at radius 1 is 1.38 bits per heavy atom. The zero-order valence-corrected chi connectivity index (χ0v) is 9.17. The first-order valence-electron chi connectivity index (χ1n) is 3.90. The summed E-state index contributed by atoms with van der Waals surface area (Å²) in [7, 11) is -0.563. The Kier molecular flexibility index (Phi) is 4.33. The van der Waals surface area contributed by atoms with Gasteiger partial charge < -0.3 is 0 Å². The van der Waals surface area contributed by atoms with Gasteiger partial charge in [-0.1, -0.05) is 0 Å². The van der Waals surface area contributed by atoms with Crippen LogP contribution in [0.4, 0.5) is 0 Å². The standard InChI is InChI=1S/C7H15N3O2S/c1-7(2)10(6-5-8)13(11,12)9(3)4/h7H,6H2,1-4H3. The van der Waals surface area contributed by atoms with E-state index in [1.54, 1.807) is 13.8 Å². The van der Waals surface area contributed by atoms with E-state index < -0.39 is 10.2 Å². The summed E-state index contributed by atoms with van der Waals surface area (Å²) in [5.41, 5.74) is 0. The second-order valence-corrected chi connectivity index (χ2v) is 5.18. The van der Waals surface area contributed by atoms with Crippen molar-refractivity contribution in [3.8, 4) is 6.07 Å². The molecule has 76 valence electrons. The Bertz CT molecular complexity index is 289. The van der Waals surface area contributed by atoms with Gasteiger partial charge in [0.05, 0.1) is 6.07 Å². The van der Waals surface area contributed by atoms with Crippen LogP contribution in [-0.2, 0) is 10.2 Å². The molecule has 0 radical (unpaired) electrons. The molecule has 0 rings (SSSR count). The second-order valence-electron chi connectivity index (χ2n) is 3.09. The second kappa shape index (κ2) is 4.56. The van der Waals surface area contributed by atoms with E-state index in [0.717, 1.165) is 8.61 Å². The largest absolute Gasteiger partial charge is 0.282 e. The van der Waals surface area contributed by atoms with Crippen LogP contribution >= 0.6 is 0 Å². The minimum atomic E-state index is -3.46. The molecule has 0 fully saturated rings. The Morgan fingerprint density at radius 2 is 1.85 bits per heavy atom. The summed E-state index contributed by atoms with van der Waals surface area (Å²) >= 11 is 0. The topological polar surface area (TPSA) is 64.4 Å². The van der Waals surface area contributed by atoms with Gasteiger partial charge in [0, 0.05) is 20.1 Å². The van der Waals surface area contributed by atoms with E-state index in [1.807, 2.05) is 6.07 Å². The van der Waals surface area contributed by atoms with Gasteiger partial charge in [0.2, 0.25) is 0 Å². The summed E-state index contributed by atoms with van der Waals surface area (Å²) < 4.78 is 25.4. The lowest BCUT2D eigenvalue weighted by Crippen LogP contribution is -2.44. The summed E-state index contributed by atoms with van der Waals surface area (Å²) in [6.07, 6.45) is 0. The van der Waals surface area contributed by atoms with Crippen molar-refractivity contribution >= 4 is 10.2 Å². The van der Waals surface area contributed by atoms with Gasteiger partial charge in [0.1, 0.15) is 6.54 Å². The normalized spacial score (nSPS) is 12.5. The molecule has 0 heterocycles. The molecule has 0 saturated heterocycles. The van der Waals surface area contributed by atoms with Crippen molar-refractivity contribution < 1.29 is 8.42 Å². The van der Waals surface area contributed by atoms with Crippen molar-refractivity contribution in [2.24, 2.45) is 0 Å². The predicted octanol–water partition coefficient (Wildman–Crippen LogP) is 0.0268. The lowest BCUT2D eigenvalue weighted by molar-refractivity contribution is 0.354. The summed E-state index contributed by atoms with van der Waals surface area (Å²) in [5, 5.41) is 8.46. The molecule has 0 bridgehead atoms. The first-order valence-corrected chi connectivity index (χ1v) is 5.30. The van der Waals surface area contributed by atoms with Gasteiger partial charge in [-0.2, -0.15) is 22.3 Å². The first kappa shape index (κ1) is 12.4. The highest BCUT2D eigenvalue weighted by atomic mass is 32.2. The van der Waals surface area contributed by atoms with Crippen LogP contribution in [0.15, 0.2) is 0 Å². The molecule has 0 aromatic carbocycles. The predicted molar refractivity (Wildman–Crippen MR) is 50.1 cm³/mol. The minimum absolute atomic E-state index is 0.113. The molecule has 0 amide bonds. The Hall–Kier alpha value is -0.640. The summed E-state index contributed by atoms with van der Waals surface area (Å²) in [6, 6.07) is 1.63. The van der Waals surface area contributed by atoms with Crippen molar-refractivity contribution in [1.29, 1.82) is 5.26 Å². The van der Waals surface area contributed by atoms with E-state index in [9.17, 15) is 8.42 Å². The van der Waals surface area contributed by atoms with E-state index in [2.05, 4.69) is 0 Å². The molecule has 0 aliphatic rings. The minimum Gasteiger partial charge on any atom is -0.197 e. The fourth-order valence-electron chi connectivity index (χ4n) is 0.810. The van der Waals surface area contributed by atoms with Gasteiger partial charge in [0.25, 0.3) is 10.2 Å². The molecule has 0 aromatic rings. The highest BCUT2D eigenvalue weighted by molar-refractivity contribution is 7.86. The molecule has 13 heavy (non-hydrogen) atoms. The van der Waals surface area contributed by atoms with Crippen molar-refractivity contribution in [1.82, 2.24) is 8.61 Å². The van der Waals surface area contributed by atoms with E-state index in [4.69, 9.17) is 5.26 Å². The third kappa shape index (κ3) is 2.95. The molecule has 0 unspecified atom stereocenters. The monoisotopic (exact) mass is 205 g/mol. The van der Waals surface area contributed by atoms with E-state index in [-0.39, 0.29) is 12.6 Å². The number of rotatable bonds is 4. The van der Waals surface area contributed by atoms with Gasteiger partial charge in [-0.05, 0) is 13.8 Å². The van der Waals surface area contributed by atoms with Gasteiger partial charge in [-0.25, -0.2) is 0 Å². The van der Waals surface area contributed by atoms with Crippen LogP contribution in [0.3, 0.4) is 0 Å². The van der Waals surface area contributed by atoms with Crippen LogP contribution in [0.1, 0.15) is 13.8 Å². The third-order valence-electron chi connectivity index (χ3n) is 1.56. The fourth-order valence-corrected chi connectivity index (χ4v) is 1.98. The molecular formula is C7H15N3O2S. The Morgan fingerprint density at radius 3 is 2.08 bits per heavy atom. The molecule has 0 saturated carbocycles. The number of nitriles is 1. The van der Waals surface area contributed by atoms with Crippen LogP contribution in [0, 0.1) is 11.3 Å². The molecular weight excluding hydrogens is 190 g/mol. The Labute approximate surface area is 79.7 Å². The smallest absolute Gasteiger partial charge is 0.197 e. The van der Waals surface area contributed by atoms with Crippen molar-refractivity contribution in [2.45, 2.75) is 19.9 Å². The zero-order chi connectivity index (χ0) is 10.6. The van der Waals surface area contributed by atoms with Crippen molar-refractivity contribution in [3.05, 3.63) is 0 Å². The van der Waals surface area contributed by atoms with Crippen LogP contribution in [0.2, 0.25) is 0 Å². The van der Waals surface area contributed by atoms with Crippen molar-refractivity contribution in [3.63, 3.8) is 0 Å². The first-order chi connectivity index (χ1) is 5.84. The van der Waals surface area contributed by atoms with Gasteiger partial charge >= 0.3 is 0 Å². The molecule has 0 atom stereocenters. The molecule has 0 N–H and O–H groups in total. The van der Waals surface area contributed by atoms with Gasteiger partial charge in [0.15, 0.2) is 0 Å². The molecule has 0 aromatic heterocycles. The van der Waals surface area contributed by atoms with E-state index in [1.165, 1.54) is 14.1 Å². The lowest BCUT2D eigenvalue weighted by Gasteiger charge is -2.26. The summed E-state index contributed by atoms with van der Waals surface area (Å²) in [5.74, 6) is 0. The highest BCUT2D eigenvalue weighted by Gasteiger charge is 2.26. The summed E-state index contributed by atoms with van der Waals surface area (Å²) in [4.78, 5) is 0. The fraction of sp³-hybridized carbons (Fsp3) is 0.857. The van der Waals surface area contributed by atoms with Crippen LogP contribution < -0.4 is 0 Å². The number of hydrogen-bond donors (Lipinski definition) is 0. The summed E-state index contributed by atoms with van der Waals surface area (Å²) in [6.45, 7) is 3.36. The van der Waals surface area contributed by atoms with E-state index in [0.29, 0.717) is 0 Å². The molecule has 0 spiro atoms. The highest BCUT2D eigenvalue weighted by Crippen LogP contribution is 2.08. The van der Waals surface area contributed by atoms with Crippen LogP contribution in [-0.4, -0.2) is 43.7 Å². The van der Waals surface area contributed by atoms with E-state index >= 15 is 0 Å². The Balaban J connectivity index is 4.87. The molecule has 0 aliphatic heterocycles. The average Bonchev–Trinajstić information content (AvgIpc) is 1.98. The lowest BCUT2D eigenvalue weighted by atomic mass is 10.4. The number of hydrogen-bond acceptors (Lipinski definition) is 3. The molecule has 5 nitrogen and oxygen atoms in total.